The minimum Gasteiger partial charge on any atom is -0.331 e. The average Bonchev–Trinajstić information content (AvgIpc) is 2.81. The summed E-state index contributed by atoms with van der Waals surface area (Å²) in [6, 6.07) is 7.47. The number of benzene rings is 1. The van der Waals surface area contributed by atoms with Gasteiger partial charge in [0.15, 0.2) is 0 Å². The first-order valence-electron chi connectivity index (χ1n) is 4.75. The number of nitrogens with zero attached hydrogens (tertiary/aromatic N) is 1. The van der Waals surface area contributed by atoms with Crippen molar-refractivity contribution in [2.45, 2.75) is 4.90 Å². The molecule has 2 N–H and O–H groups in total. The van der Waals surface area contributed by atoms with Crippen molar-refractivity contribution >= 4 is 23.6 Å². The third kappa shape index (κ3) is 2.25. The van der Waals surface area contributed by atoms with Crippen LogP contribution < -0.4 is 5.32 Å². The van der Waals surface area contributed by atoms with E-state index in [4.69, 9.17) is 0 Å². The Morgan fingerprint density at radius 2 is 2.25 bits per heavy atom. The van der Waals surface area contributed by atoms with Crippen LogP contribution in [0.25, 0.3) is 0 Å². The third-order valence-corrected chi connectivity index (χ3v) is 2.88. The van der Waals surface area contributed by atoms with E-state index in [-0.39, 0.29) is 5.91 Å². The second-order valence-electron chi connectivity index (χ2n) is 3.09. The number of hydrogen-bond acceptors (Lipinski definition) is 3. The summed E-state index contributed by atoms with van der Waals surface area (Å²) in [5.74, 6) is 0.306. The van der Waals surface area contributed by atoms with Gasteiger partial charge in [-0.3, -0.25) is 10.1 Å². The van der Waals surface area contributed by atoms with Crippen LogP contribution >= 0.6 is 11.8 Å². The Bertz CT molecular complexity index is 482. The van der Waals surface area contributed by atoms with Gasteiger partial charge in [0.2, 0.25) is 5.95 Å². The van der Waals surface area contributed by atoms with Gasteiger partial charge in [-0.2, -0.15) is 0 Å². The topological polar surface area (TPSA) is 57.8 Å². The highest BCUT2D eigenvalue weighted by Crippen LogP contribution is 2.20. The van der Waals surface area contributed by atoms with Crippen LogP contribution in [0.5, 0.6) is 0 Å². The highest BCUT2D eigenvalue weighted by Gasteiger charge is 2.10. The molecule has 0 radical (unpaired) electrons. The van der Waals surface area contributed by atoms with E-state index in [2.05, 4.69) is 15.3 Å². The lowest BCUT2D eigenvalue weighted by atomic mass is 10.2. The Morgan fingerprint density at radius 3 is 2.94 bits per heavy atom. The third-order valence-electron chi connectivity index (χ3n) is 2.08. The molecule has 0 atom stereocenters. The van der Waals surface area contributed by atoms with Gasteiger partial charge in [-0.1, -0.05) is 12.1 Å². The predicted molar refractivity (Wildman–Crippen MR) is 64.8 cm³/mol. The van der Waals surface area contributed by atoms with Crippen LogP contribution in [0.3, 0.4) is 0 Å². The summed E-state index contributed by atoms with van der Waals surface area (Å²) in [7, 11) is 0. The highest BCUT2D eigenvalue weighted by molar-refractivity contribution is 7.98. The van der Waals surface area contributed by atoms with Crippen molar-refractivity contribution in [1.82, 2.24) is 9.97 Å². The average molecular weight is 233 g/mol. The van der Waals surface area contributed by atoms with Crippen LogP contribution in [-0.4, -0.2) is 22.1 Å². The first-order chi connectivity index (χ1) is 7.81. The molecule has 0 bridgehead atoms. The number of nitrogens with one attached hydrogen (secondary N) is 2. The lowest BCUT2D eigenvalue weighted by Gasteiger charge is -2.06. The molecule has 0 saturated carbocycles. The monoisotopic (exact) mass is 233 g/mol. The molecule has 0 aliphatic heterocycles. The highest BCUT2D eigenvalue weighted by atomic mass is 32.2. The lowest BCUT2D eigenvalue weighted by Crippen LogP contribution is -2.13. The number of carbonyl (C=O) groups excluding carboxylic acids is 1. The Morgan fingerprint density at radius 1 is 1.44 bits per heavy atom. The summed E-state index contributed by atoms with van der Waals surface area (Å²) in [5.41, 5.74) is 0.659. The van der Waals surface area contributed by atoms with E-state index < -0.39 is 0 Å². The van der Waals surface area contributed by atoms with Gasteiger partial charge in [-0.05, 0) is 18.4 Å². The van der Waals surface area contributed by atoms with E-state index in [0.29, 0.717) is 11.5 Å². The quantitative estimate of drug-likeness (QED) is 0.800. The number of carbonyl (C=O) groups is 1. The second-order valence-corrected chi connectivity index (χ2v) is 3.94. The Kier molecular flexibility index (Phi) is 3.26. The normalized spacial score (nSPS) is 10.1. The minimum atomic E-state index is -0.153. The van der Waals surface area contributed by atoms with Crippen molar-refractivity contribution in [2.75, 3.05) is 11.6 Å². The molecule has 0 fully saturated rings. The zero-order valence-electron chi connectivity index (χ0n) is 8.73. The van der Waals surface area contributed by atoms with E-state index >= 15 is 0 Å². The number of hydrogen-bond donors (Lipinski definition) is 2. The van der Waals surface area contributed by atoms with Gasteiger partial charge < -0.3 is 4.98 Å². The zero-order valence-corrected chi connectivity index (χ0v) is 9.54. The summed E-state index contributed by atoms with van der Waals surface area (Å²) < 4.78 is 0. The number of imidazole rings is 1. The van der Waals surface area contributed by atoms with Crippen molar-refractivity contribution in [1.29, 1.82) is 0 Å². The van der Waals surface area contributed by atoms with E-state index in [1.54, 1.807) is 30.2 Å². The van der Waals surface area contributed by atoms with Gasteiger partial charge in [0.25, 0.3) is 5.91 Å². The largest absolute Gasteiger partial charge is 0.331 e. The number of aromatic nitrogens is 2. The van der Waals surface area contributed by atoms with Crippen molar-refractivity contribution < 1.29 is 4.79 Å². The Balaban J connectivity index is 2.21. The number of aromatic amines is 1. The fraction of sp³-hybridized carbons (Fsp3) is 0.0909. The first kappa shape index (κ1) is 10.8. The fourth-order valence-electron chi connectivity index (χ4n) is 1.34. The van der Waals surface area contributed by atoms with E-state index in [1.165, 1.54) is 0 Å². The summed E-state index contributed by atoms with van der Waals surface area (Å²) >= 11 is 1.54. The van der Waals surface area contributed by atoms with Crippen molar-refractivity contribution in [2.24, 2.45) is 0 Å². The van der Waals surface area contributed by atoms with Crippen LogP contribution in [-0.2, 0) is 0 Å². The summed E-state index contributed by atoms with van der Waals surface area (Å²) in [6.45, 7) is 0. The molecular formula is C11H11N3OS. The van der Waals surface area contributed by atoms with Crippen LogP contribution in [0.15, 0.2) is 41.6 Å². The van der Waals surface area contributed by atoms with Gasteiger partial charge in [-0.25, -0.2) is 4.98 Å². The molecule has 1 heterocycles. The molecule has 0 aliphatic rings. The standard InChI is InChI=1S/C11H11N3OS/c1-16-9-5-3-2-4-8(9)10(15)14-11-12-6-7-13-11/h2-7H,1H3,(H2,12,13,14,15). The van der Waals surface area contributed by atoms with Crippen LogP contribution in [0.1, 0.15) is 10.4 Å². The van der Waals surface area contributed by atoms with Crippen molar-refractivity contribution in [3.63, 3.8) is 0 Å². The summed E-state index contributed by atoms with van der Waals surface area (Å²) in [5, 5.41) is 2.69. The predicted octanol–water partition coefficient (Wildman–Crippen LogP) is 2.38. The molecule has 1 aromatic carbocycles. The SMILES string of the molecule is CSc1ccccc1C(=O)Nc1ncc[nH]1. The zero-order chi connectivity index (χ0) is 11.4. The molecule has 5 heteroatoms. The number of anilines is 1. The van der Waals surface area contributed by atoms with Crippen molar-refractivity contribution in [3.05, 3.63) is 42.2 Å². The van der Waals surface area contributed by atoms with Gasteiger partial charge in [0.1, 0.15) is 0 Å². The summed E-state index contributed by atoms with van der Waals surface area (Å²) in [4.78, 5) is 19.6. The van der Waals surface area contributed by atoms with Crippen LogP contribution in [0, 0.1) is 0 Å². The molecule has 1 amide bonds. The Hall–Kier alpha value is -1.75. The Labute approximate surface area is 97.5 Å². The molecule has 1 aromatic heterocycles. The first-order valence-corrected chi connectivity index (χ1v) is 5.97. The number of H-pyrrole nitrogens is 1. The fourth-order valence-corrected chi connectivity index (χ4v) is 1.94. The number of thioether (sulfide) groups is 1. The van der Waals surface area contributed by atoms with Gasteiger partial charge in [0, 0.05) is 17.3 Å². The van der Waals surface area contributed by atoms with E-state index in [0.717, 1.165) is 4.90 Å². The number of amides is 1. The van der Waals surface area contributed by atoms with Crippen molar-refractivity contribution in [3.8, 4) is 0 Å². The molecular weight excluding hydrogens is 222 g/mol. The molecule has 0 aliphatic carbocycles. The molecule has 2 rings (SSSR count). The second kappa shape index (κ2) is 4.85. The van der Waals surface area contributed by atoms with E-state index in [9.17, 15) is 4.79 Å². The van der Waals surface area contributed by atoms with Crippen LogP contribution in [0.4, 0.5) is 5.95 Å². The van der Waals surface area contributed by atoms with Gasteiger partial charge >= 0.3 is 0 Å². The molecule has 82 valence electrons. The summed E-state index contributed by atoms with van der Waals surface area (Å²) in [6.07, 6.45) is 5.20. The van der Waals surface area contributed by atoms with Gasteiger partial charge in [0.05, 0.1) is 5.56 Å². The minimum absolute atomic E-state index is 0.153. The number of rotatable bonds is 3. The molecule has 0 saturated heterocycles. The maximum absolute atomic E-state index is 11.9. The molecule has 2 aromatic rings. The smallest absolute Gasteiger partial charge is 0.259 e. The van der Waals surface area contributed by atoms with E-state index in [1.807, 2.05) is 24.5 Å². The maximum atomic E-state index is 11.9. The lowest BCUT2D eigenvalue weighted by molar-refractivity contribution is 0.102. The van der Waals surface area contributed by atoms with Gasteiger partial charge in [-0.15, -0.1) is 11.8 Å². The molecule has 4 nitrogen and oxygen atoms in total. The molecule has 0 spiro atoms. The maximum Gasteiger partial charge on any atom is 0.259 e. The molecule has 0 unspecified atom stereocenters. The van der Waals surface area contributed by atoms with Crippen LogP contribution in [0.2, 0.25) is 0 Å². The molecule has 16 heavy (non-hydrogen) atoms.